The smallest absolute Gasteiger partial charge is 0.161 e. The zero-order chi connectivity index (χ0) is 27.1. The van der Waals surface area contributed by atoms with Crippen molar-refractivity contribution in [1.29, 1.82) is 0 Å². The van der Waals surface area contributed by atoms with Crippen molar-refractivity contribution >= 4 is 24.7 Å². The van der Waals surface area contributed by atoms with E-state index in [0.717, 1.165) is 54.7 Å². The summed E-state index contributed by atoms with van der Waals surface area (Å²) in [5.74, 6) is 2.37. The second-order valence-electron chi connectivity index (χ2n) is 12.4. The fourth-order valence-electron chi connectivity index (χ4n) is 7.54. The summed E-state index contributed by atoms with van der Waals surface area (Å²) in [5, 5.41) is 23.2. The summed E-state index contributed by atoms with van der Waals surface area (Å²) in [6, 6.07) is 27.8. The Balaban J connectivity index is 1.19. The van der Waals surface area contributed by atoms with Gasteiger partial charge in [-0.1, -0.05) is 66.7 Å². The van der Waals surface area contributed by atoms with Crippen molar-refractivity contribution in [3.05, 3.63) is 95.6 Å². The summed E-state index contributed by atoms with van der Waals surface area (Å²) in [4.78, 5) is 2.60. The van der Waals surface area contributed by atoms with Crippen LogP contribution in [0.5, 0.6) is 11.5 Å². The van der Waals surface area contributed by atoms with E-state index in [1.807, 2.05) is 12.1 Å². The highest BCUT2D eigenvalue weighted by molar-refractivity contribution is 14.2. The first-order valence-electron chi connectivity index (χ1n) is 15.0. The zero-order valence-electron chi connectivity index (χ0n) is 23.0. The minimum absolute atomic E-state index is 0.0830. The van der Waals surface area contributed by atoms with Gasteiger partial charge in [0.25, 0.3) is 0 Å². The Labute approximate surface area is 248 Å². The molecule has 40 heavy (non-hydrogen) atoms. The minimum atomic E-state index is -0.751. The standard InChI is InChI=1S/C35H40INO3/c38-31-14-13-25-19-32(31)40-34-28(15-17-35(39)30(34)16-18-37(33(35)20-25)23-24-11-12-24)21-36-22-29(26-7-3-1-4-8-26)27-9-5-2-6-10-27/h1-10,13-14,19,21,24,28-30,33-34,38-39H,11-12,15-18,20,22-23H2/t28?,30?,33-,34+,35+/m1/s1. The molecule has 4 nitrogen and oxygen atoms in total. The molecule has 5 atom stereocenters. The fraction of sp³-hybridized carbons (Fsp3) is 0.457. The molecule has 0 aromatic heterocycles. The molecule has 2 saturated carbocycles. The minimum Gasteiger partial charge on any atom is -0.504 e. The number of aromatic hydroxyl groups is 1. The van der Waals surface area contributed by atoms with E-state index in [1.165, 1.54) is 24.0 Å². The van der Waals surface area contributed by atoms with E-state index in [1.54, 1.807) is 6.07 Å². The molecule has 2 unspecified atom stereocenters. The van der Waals surface area contributed by atoms with Crippen LogP contribution in [0, 0.1) is 17.8 Å². The summed E-state index contributed by atoms with van der Waals surface area (Å²) >= 11 is -0.217. The summed E-state index contributed by atoms with van der Waals surface area (Å²) in [7, 11) is 0. The highest BCUT2D eigenvalue weighted by Gasteiger charge is 2.57. The third-order valence-electron chi connectivity index (χ3n) is 9.89. The molecule has 2 aliphatic carbocycles. The Bertz CT molecular complexity index is 1300. The molecule has 3 fully saturated rings. The van der Waals surface area contributed by atoms with Crippen LogP contribution < -0.4 is 4.74 Å². The first kappa shape index (κ1) is 26.7. The number of piperidine rings is 1. The Morgan fingerprint density at radius 3 is 2.38 bits per heavy atom. The normalized spacial score (nSPS) is 30.1. The van der Waals surface area contributed by atoms with Gasteiger partial charge in [0.2, 0.25) is 0 Å². The maximum absolute atomic E-state index is 12.5. The van der Waals surface area contributed by atoms with Crippen LogP contribution in [0.3, 0.4) is 0 Å². The number of alkyl halides is 1. The third kappa shape index (κ3) is 5.25. The molecular formula is C35H40INO3. The first-order valence-corrected chi connectivity index (χ1v) is 17.8. The molecule has 0 radical (unpaired) electrons. The van der Waals surface area contributed by atoms with Crippen molar-refractivity contribution in [2.24, 2.45) is 17.8 Å². The van der Waals surface area contributed by atoms with E-state index in [9.17, 15) is 10.2 Å². The molecule has 210 valence electrons. The van der Waals surface area contributed by atoms with Crippen LogP contribution in [-0.4, -0.2) is 54.4 Å². The monoisotopic (exact) mass is 649 g/mol. The topological polar surface area (TPSA) is 52.9 Å². The highest BCUT2D eigenvalue weighted by Crippen LogP contribution is 2.50. The maximum atomic E-state index is 12.5. The quantitative estimate of drug-likeness (QED) is 0.226. The molecule has 3 aromatic carbocycles. The summed E-state index contributed by atoms with van der Waals surface area (Å²) in [6.07, 6.45) is 6.11. The first-order chi connectivity index (χ1) is 19.6. The average molecular weight is 650 g/mol. The van der Waals surface area contributed by atoms with E-state index < -0.39 is 5.60 Å². The second kappa shape index (κ2) is 11.2. The highest BCUT2D eigenvalue weighted by atomic mass is 127. The van der Waals surface area contributed by atoms with Gasteiger partial charge >= 0.3 is 0 Å². The number of phenolic OH excluding ortho intramolecular Hbond substituents is 1. The number of aliphatic hydroxyl groups is 1. The van der Waals surface area contributed by atoms with E-state index in [4.69, 9.17) is 4.74 Å². The van der Waals surface area contributed by atoms with Crippen LogP contribution in [-0.2, 0) is 6.42 Å². The lowest BCUT2D eigenvalue weighted by molar-refractivity contribution is -0.175. The van der Waals surface area contributed by atoms with Gasteiger partial charge in [-0.15, -0.1) is 20.7 Å². The van der Waals surface area contributed by atoms with Crippen LogP contribution in [0.1, 0.15) is 54.7 Å². The molecule has 7 rings (SSSR count). The Morgan fingerprint density at radius 2 is 1.68 bits per heavy atom. The molecule has 1 saturated heterocycles. The largest absolute Gasteiger partial charge is 0.504 e. The number of phenols is 1. The van der Waals surface area contributed by atoms with Gasteiger partial charge in [0.1, 0.15) is 6.10 Å². The fourth-order valence-corrected chi connectivity index (χ4v) is 10.8. The Morgan fingerprint density at radius 1 is 0.950 bits per heavy atom. The lowest BCUT2D eigenvalue weighted by atomic mass is 9.62. The van der Waals surface area contributed by atoms with Gasteiger partial charge in [-0.25, -0.2) is 0 Å². The molecule has 0 spiro atoms. The molecule has 6 bridgehead atoms. The molecular weight excluding hydrogens is 609 g/mol. The summed E-state index contributed by atoms with van der Waals surface area (Å²) in [5.41, 5.74) is 3.17. The molecule has 3 aromatic rings. The second-order valence-corrected chi connectivity index (χ2v) is 14.9. The Hall–Kier alpha value is -2.22. The van der Waals surface area contributed by atoms with E-state index >= 15 is 0 Å². The molecule has 0 amide bonds. The number of ether oxygens (including phenoxy) is 1. The van der Waals surface area contributed by atoms with E-state index in [0.29, 0.717) is 17.6 Å². The number of rotatable bonds is 7. The maximum Gasteiger partial charge on any atom is 0.161 e. The number of fused-ring (bicyclic) bond motifs is 2. The number of nitrogens with zero attached hydrogens (tertiary/aromatic N) is 1. The van der Waals surface area contributed by atoms with Crippen LogP contribution in [0.15, 0.2) is 78.9 Å². The van der Waals surface area contributed by atoms with Gasteiger partial charge < -0.3 is 14.9 Å². The number of hydrogen-bond acceptors (Lipinski definition) is 4. The predicted molar refractivity (Wildman–Crippen MR) is 170 cm³/mol. The van der Waals surface area contributed by atoms with Crippen LogP contribution in [0.25, 0.3) is 0 Å². The van der Waals surface area contributed by atoms with Crippen LogP contribution in [0.4, 0.5) is 0 Å². The van der Waals surface area contributed by atoms with Crippen molar-refractivity contribution in [3.63, 3.8) is 0 Å². The van der Waals surface area contributed by atoms with E-state index in [-0.39, 0.29) is 44.5 Å². The average Bonchev–Trinajstić information content (AvgIpc) is 3.80. The molecule has 5 heteroatoms. The number of halogens is 1. The van der Waals surface area contributed by atoms with Crippen molar-refractivity contribution in [2.75, 3.05) is 17.5 Å². The number of likely N-dealkylation sites (tertiary alicyclic amines) is 1. The van der Waals surface area contributed by atoms with Gasteiger partial charge in [-0.05, 0) is 83.8 Å². The number of hydrogen-bond donors (Lipinski definition) is 2. The van der Waals surface area contributed by atoms with E-state index in [2.05, 4.69) is 69.6 Å². The molecule has 2 aliphatic heterocycles. The SMILES string of the molecule is Oc1ccc2cc1O[C@H]1C(C=ICC(c3ccccc3)c3ccccc3)CC[C@]3(O)C1CCN(CC1CC1)[C@@H]3C2. The lowest BCUT2D eigenvalue weighted by Crippen LogP contribution is -2.68. The number of benzene rings is 3. The van der Waals surface area contributed by atoms with Crippen LogP contribution in [0.2, 0.25) is 0 Å². The van der Waals surface area contributed by atoms with Gasteiger partial charge in [0, 0.05) is 34.8 Å². The van der Waals surface area contributed by atoms with Gasteiger partial charge in [0.15, 0.2) is 11.5 Å². The summed E-state index contributed by atoms with van der Waals surface area (Å²) in [6.45, 7) is 2.14. The van der Waals surface area contributed by atoms with Gasteiger partial charge in [-0.2, -0.15) is 0 Å². The van der Waals surface area contributed by atoms with Crippen molar-refractivity contribution in [2.45, 2.75) is 62.2 Å². The zero-order valence-corrected chi connectivity index (χ0v) is 25.2. The van der Waals surface area contributed by atoms with Crippen LogP contribution >= 0.6 is 20.7 Å². The third-order valence-corrected chi connectivity index (χ3v) is 12.7. The Kier molecular flexibility index (Phi) is 7.48. The van der Waals surface area contributed by atoms with Crippen molar-refractivity contribution in [3.8, 4) is 11.5 Å². The lowest BCUT2D eigenvalue weighted by Gasteiger charge is -2.56. The van der Waals surface area contributed by atoms with Gasteiger partial charge in [-0.3, -0.25) is 4.90 Å². The molecule has 2 heterocycles. The molecule has 2 N–H and O–H groups in total. The van der Waals surface area contributed by atoms with Crippen molar-refractivity contribution < 1.29 is 14.9 Å². The predicted octanol–water partition coefficient (Wildman–Crippen LogP) is 6.54. The molecule has 4 aliphatic rings. The van der Waals surface area contributed by atoms with Gasteiger partial charge in [0.05, 0.1) is 5.60 Å². The summed E-state index contributed by atoms with van der Waals surface area (Å²) < 4.78 is 10.5. The van der Waals surface area contributed by atoms with Crippen molar-refractivity contribution in [1.82, 2.24) is 4.90 Å².